The van der Waals surface area contributed by atoms with Crippen LogP contribution in [0.1, 0.15) is 18.4 Å². The fourth-order valence-electron chi connectivity index (χ4n) is 3.79. The first-order valence-electron chi connectivity index (χ1n) is 10.4. The van der Waals surface area contributed by atoms with Crippen LogP contribution in [0.25, 0.3) is 0 Å². The summed E-state index contributed by atoms with van der Waals surface area (Å²) in [5, 5.41) is 0. The number of hydrogen-bond acceptors (Lipinski definition) is 4. The number of carbonyl (C=O) groups is 1. The van der Waals surface area contributed by atoms with E-state index in [0.29, 0.717) is 32.5 Å². The van der Waals surface area contributed by atoms with Gasteiger partial charge in [-0.1, -0.05) is 48.5 Å². The molecule has 3 rings (SSSR count). The topological polar surface area (TPSA) is 60.9 Å². The smallest absolute Gasteiger partial charge is 0.225 e. The fourth-order valence-corrected chi connectivity index (χ4v) is 5.35. The van der Waals surface area contributed by atoms with Gasteiger partial charge in [0.15, 0.2) is 0 Å². The quantitative estimate of drug-likeness (QED) is 0.647. The van der Waals surface area contributed by atoms with Crippen molar-refractivity contribution >= 4 is 21.6 Å². The van der Waals surface area contributed by atoms with E-state index in [2.05, 4.69) is 4.90 Å². The number of amides is 1. The third-order valence-electron chi connectivity index (χ3n) is 5.73. The molecule has 1 aliphatic rings. The number of likely N-dealkylation sites (N-methyl/N-ethyl adjacent to an activating group) is 2. The van der Waals surface area contributed by atoms with Crippen LogP contribution in [-0.2, 0) is 20.6 Å². The van der Waals surface area contributed by atoms with Gasteiger partial charge in [0, 0.05) is 51.9 Å². The summed E-state index contributed by atoms with van der Waals surface area (Å²) in [6.45, 7) is 2.19. The van der Waals surface area contributed by atoms with Crippen LogP contribution in [0.5, 0.6) is 0 Å². The van der Waals surface area contributed by atoms with E-state index in [1.54, 1.807) is 4.90 Å². The summed E-state index contributed by atoms with van der Waals surface area (Å²) in [6, 6.07) is 19.3. The molecule has 0 bridgehead atoms. The number of piperidine rings is 1. The largest absolute Gasteiger partial charge is 0.373 e. The van der Waals surface area contributed by atoms with E-state index in [-0.39, 0.29) is 17.6 Å². The number of rotatable bonds is 8. The minimum Gasteiger partial charge on any atom is -0.373 e. The molecule has 1 fully saturated rings. The molecule has 0 unspecified atom stereocenters. The molecular weight excluding hydrogens is 398 g/mol. The third kappa shape index (κ3) is 5.83. The molecule has 1 aliphatic heterocycles. The van der Waals surface area contributed by atoms with Crippen LogP contribution in [0.15, 0.2) is 60.7 Å². The standard InChI is InChI=1S/C23H31N3O3S/c1-24(22-11-7-4-8-12-22)17-18-25(2)23(27)21-13-15-26(16-14-21)30(28,29)19-20-9-5-3-6-10-20/h3-12,21H,13-19H2,1-2H3. The molecule has 0 N–H and O–H groups in total. The maximum Gasteiger partial charge on any atom is 0.225 e. The predicted molar refractivity (Wildman–Crippen MR) is 121 cm³/mol. The van der Waals surface area contributed by atoms with Gasteiger partial charge >= 0.3 is 0 Å². The van der Waals surface area contributed by atoms with E-state index in [4.69, 9.17) is 0 Å². The monoisotopic (exact) mass is 429 g/mol. The van der Waals surface area contributed by atoms with Gasteiger partial charge in [0.25, 0.3) is 0 Å². The Kier molecular flexibility index (Phi) is 7.50. The van der Waals surface area contributed by atoms with Gasteiger partial charge in [-0.25, -0.2) is 12.7 Å². The number of hydrogen-bond donors (Lipinski definition) is 0. The summed E-state index contributed by atoms with van der Waals surface area (Å²) in [6.07, 6.45) is 1.15. The first-order valence-corrected chi connectivity index (χ1v) is 12.0. The number of para-hydroxylation sites is 1. The molecule has 1 saturated heterocycles. The third-order valence-corrected chi connectivity index (χ3v) is 7.58. The second-order valence-electron chi connectivity index (χ2n) is 7.93. The lowest BCUT2D eigenvalue weighted by Gasteiger charge is -2.33. The summed E-state index contributed by atoms with van der Waals surface area (Å²) < 4.78 is 26.9. The lowest BCUT2D eigenvalue weighted by molar-refractivity contribution is -0.135. The van der Waals surface area contributed by atoms with Gasteiger partial charge in [0.2, 0.25) is 15.9 Å². The van der Waals surface area contributed by atoms with Crippen molar-refractivity contribution in [1.29, 1.82) is 0 Å². The van der Waals surface area contributed by atoms with E-state index < -0.39 is 10.0 Å². The Labute approximate surface area is 180 Å². The molecular formula is C23H31N3O3S. The van der Waals surface area contributed by atoms with Gasteiger partial charge in [-0.15, -0.1) is 0 Å². The molecule has 0 aliphatic carbocycles. The molecule has 1 heterocycles. The zero-order chi connectivity index (χ0) is 21.6. The van der Waals surface area contributed by atoms with Crippen LogP contribution in [0.4, 0.5) is 5.69 Å². The SMILES string of the molecule is CN(CCN(C)c1ccccc1)C(=O)C1CCN(S(=O)(=O)Cc2ccccc2)CC1. The van der Waals surface area contributed by atoms with Crippen LogP contribution >= 0.6 is 0 Å². The molecule has 7 heteroatoms. The number of benzene rings is 2. The Morgan fingerprint density at radius 1 is 0.933 bits per heavy atom. The summed E-state index contributed by atoms with van der Waals surface area (Å²) >= 11 is 0. The van der Waals surface area contributed by atoms with Crippen LogP contribution in [0, 0.1) is 5.92 Å². The van der Waals surface area contributed by atoms with Gasteiger partial charge in [-0.2, -0.15) is 0 Å². The lowest BCUT2D eigenvalue weighted by atomic mass is 9.97. The molecule has 30 heavy (non-hydrogen) atoms. The second-order valence-corrected chi connectivity index (χ2v) is 9.90. The van der Waals surface area contributed by atoms with E-state index in [1.807, 2.05) is 74.8 Å². The Balaban J connectivity index is 1.47. The van der Waals surface area contributed by atoms with Crippen molar-refractivity contribution in [3.05, 3.63) is 66.2 Å². The molecule has 0 atom stereocenters. The van der Waals surface area contributed by atoms with Gasteiger partial charge in [0.1, 0.15) is 0 Å². The van der Waals surface area contributed by atoms with Gasteiger partial charge < -0.3 is 9.80 Å². The van der Waals surface area contributed by atoms with Crippen LogP contribution in [-0.4, -0.2) is 63.8 Å². The molecule has 162 valence electrons. The number of carbonyl (C=O) groups excluding carboxylic acids is 1. The number of anilines is 1. The summed E-state index contributed by atoms with van der Waals surface area (Å²) in [5.41, 5.74) is 1.91. The molecule has 2 aromatic carbocycles. The molecule has 1 amide bonds. The molecule has 0 saturated carbocycles. The van der Waals surface area contributed by atoms with Gasteiger partial charge in [-0.3, -0.25) is 4.79 Å². The van der Waals surface area contributed by atoms with Crippen molar-refractivity contribution < 1.29 is 13.2 Å². The fraction of sp³-hybridized carbons (Fsp3) is 0.435. The van der Waals surface area contributed by atoms with Gasteiger partial charge in [0.05, 0.1) is 5.75 Å². The van der Waals surface area contributed by atoms with Crippen LogP contribution in [0.2, 0.25) is 0 Å². The Morgan fingerprint density at radius 2 is 1.50 bits per heavy atom. The number of sulfonamides is 1. The predicted octanol–water partition coefficient (Wildman–Crippen LogP) is 2.82. The first-order chi connectivity index (χ1) is 14.4. The maximum atomic E-state index is 12.8. The summed E-state index contributed by atoms with van der Waals surface area (Å²) in [7, 11) is 0.495. The molecule has 6 nitrogen and oxygen atoms in total. The molecule has 2 aromatic rings. The van der Waals surface area contributed by atoms with Crippen molar-refractivity contribution in [2.45, 2.75) is 18.6 Å². The van der Waals surface area contributed by atoms with Gasteiger partial charge in [-0.05, 0) is 30.5 Å². The highest BCUT2D eigenvalue weighted by atomic mass is 32.2. The minimum absolute atomic E-state index is 0.0121. The second kappa shape index (κ2) is 10.1. The zero-order valence-corrected chi connectivity index (χ0v) is 18.6. The van der Waals surface area contributed by atoms with Crippen molar-refractivity contribution in [2.24, 2.45) is 5.92 Å². The van der Waals surface area contributed by atoms with E-state index in [1.165, 1.54) is 4.31 Å². The highest BCUT2D eigenvalue weighted by Gasteiger charge is 2.32. The number of nitrogens with zero attached hydrogens (tertiary/aromatic N) is 3. The summed E-state index contributed by atoms with van der Waals surface area (Å²) in [5.74, 6) is 0.00909. The Bertz CT molecular complexity index is 911. The normalized spacial score (nSPS) is 15.7. The van der Waals surface area contributed by atoms with Crippen molar-refractivity contribution in [3.8, 4) is 0 Å². The minimum atomic E-state index is -3.36. The van der Waals surface area contributed by atoms with E-state index in [9.17, 15) is 13.2 Å². The lowest BCUT2D eigenvalue weighted by Crippen LogP contribution is -2.45. The van der Waals surface area contributed by atoms with Crippen molar-refractivity contribution in [1.82, 2.24) is 9.21 Å². The molecule has 0 spiro atoms. The Hall–Kier alpha value is -2.38. The highest BCUT2D eigenvalue weighted by molar-refractivity contribution is 7.88. The van der Waals surface area contributed by atoms with Crippen molar-refractivity contribution in [3.63, 3.8) is 0 Å². The molecule has 0 aromatic heterocycles. The van der Waals surface area contributed by atoms with Crippen LogP contribution < -0.4 is 4.90 Å². The average molecular weight is 430 g/mol. The maximum absolute atomic E-state index is 12.8. The first kappa shape index (κ1) is 22.3. The average Bonchev–Trinajstić information content (AvgIpc) is 2.77. The molecule has 0 radical (unpaired) electrons. The zero-order valence-electron chi connectivity index (χ0n) is 17.8. The highest BCUT2D eigenvalue weighted by Crippen LogP contribution is 2.23. The summed E-state index contributed by atoms with van der Waals surface area (Å²) in [4.78, 5) is 16.7. The van der Waals surface area contributed by atoms with Crippen LogP contribution in [0.3, 0.4) is 0 Å². The Morgan fingerprint density at radius 3 is 2.10 bits per heavy atom. The van der Waals surface area contributed by atoms with E-state index >= 15 is 0 Å². The van der Waals surface area contributed by atoms with Crippen molar-refractivity contribution in [2.75, 3.05) is 45.2 Å². The van der Waals surface area contributed by atoms with E-state index in [0.717, 1.165) is 17.8 Å².